The van der Waals surface area contributed by atoms with Crippen LogP contribution in [0.5, 0.6) is 0 Å². The average Bonchev–Trinajstić information content (AvgIpc) is 2.44. The molecule has 2 N–H and O–H groups in total. The summed E-state index contributed by atoms with van der Waals surface area (Å²) in [7, 11) is 0. The average molecular weight is 289 g/mol. The molecule has 110 valence electrons. The highest BCUT2D eigenvalue weighted by atomic mass is 16.4. The summed E-state index contributed by atoms with van der Waals surface area (Å²) in [6.45, 7) is 3.50. The SMILES string of the molecule is CCC(NC(=O)c1cnc2cc(C)ccn2c1=O)C(=O)O. The summed E-state index contributed by atoms with van der Waals surface area (Å²) in [6.07, 6.45) is 2.93. The number of aromatic nitrogens is 2. The fourth-order valence-corrected chi connectivity index (χ4v) is 1.91. The first-order valence-electron chi connectivity index (χ1n) is 6.45. The van der Waals surface area contributed by atoms with Crippen LogP contribution in [0.25, 0.3) is 5.65 Å². The summed E-state index contributed by atoms with van der Waals surface area (Å²) in [6, 6.07) is 2.41. The van der Waals surface area contributed by atoms with Crippen LogP contribution < -0.4 is 10.9 Å². The minimum absolute atomic E-state index is 0.184. The van der Waals surface area contributed by atoms with Gasteiger partial charge in [-0.1, -0.05) is 6.92 Å². The van der Waals surface area contributed by atoms with Gasteiger partial charge in [-0.2, -0.15) is 0 Å². The molecule has 0 fully saturated rings. The molecular weight excluding hydrogens is 274 g/mol. The minimum Gasteiger partial charge on any atom is -0.480 e. The zero-order valence-corrected chi connectivity index (χ0v) is 11.7. The number of carbonyl (C=O) groups excluding carboxylic acids is 1. The maximum absolute atomic E-state index is 12.2. The molecule has 1 unspecified atom stereocenters. The quantitative estimate of drug-likeness (QED) is 0.858. The zero-order chi connectivity index (χ0) is 15.6. The van der Waals surface area contributed by atoms with Crippen molar-refractivity contribution in [2.45, 2.75) is 26.3 Å². The molecule has 0 aliphatic carbocycles. The molecule has 0 radical (unpaired) electrons. The Morgan fingerprint density at radius 1 is 1.48 bits per heavy atom. The molecule has 0 aromatic carbocycles. The van der Waals surface area contributed by atoms with Crippen LogP contribution in [0.2, 0.25) is 0 Å². The maximum atomic E-state index is 12.2. The van der Waals surface area contributed by atoms with Gasteiger partial charge in [0, 0.05) is 12.4 Å². The number of hydrogen-bond donors (Lipinski definition) is 2. The van der Waals surface area contributed by atoms with E-state index >= 15 is 0 Å². The highest BCUT2D eigenvalue weighted by Gasteiger charge is 2.21. The summed E-state index contributed by atoms with van der Waals surface area (Å²) in [4.78, 5) is 39.2. The molecule has 2 heterocycles. The van der Waals surface area contributed by atoms with E-state index in [0.29, 0.717) is 5.65 Å². The largest absolute Gasteiger partial charge is 0.480 e. The van der Waals surface area contributed by atoms with Gasteiger partial charge in [0.1, 0.15) is 17.3 Å². The standard InChI is InChI=1S/C14H15N3O4/c1-3-10(14(20)21)16-12(18)9-7-15-11-6-8(2)4-5-17(11)13(9)19/h4-7,10H,3H2,1-2H3,(H,16,18)(H,20,21). The van der Waals surface area contributed by atoms with Crippen LogP contribution in [0.15, 0.2) is 29.3 Å². The highest BCUT2D eigenvalue weighted by molar-refractivity contribution is 5.96. The molecule has 2 aromatic heterocycles. The van der Waals surface area contributed by atoms with Crippen molar-refractivity contribution in [1.82, 2.24) is 14.7 Å². The molecule has 0 spiro atoms. The van der Waals surface area contributed by atoms with Gasteiger partial charge in [0.05, 0.1) is 0 Å². The van der Waals surface area contributed by atoms with Crippen molar-refractivity contribution in [3.05, 3.63) is 46.0 Å². The third-order valence-corrected chi connectivity index (χ3v) is 3.12. The Hall–Kier alpha value is -2.70. The van der Waals surface area contributed by atoms with Crippen molar-refractivity contribution >= 4 is 17.5 Å². The van der Waals surface area contributed by atoms with E-state index in [9.17, 15) is 14.4 Å². The number of rotatable bonds is 4. The Balaban J connectivity index is 2.41. The first-order valence-corrected chi connectivity index (χ1v) is 6.45. The Morgan fingerprint density at radius 3 is 2.81 bits per heavy atom. The van der Waals surface area contributed by atoms with Gasteiger partial charge in [-0.15, -0.1) is 0 Å². The fourth-order valence-electron chi connectivity index (χ4n) is 1.91. The third kappa shape index (κ3) is 2.91. The predicted octanol–water partition coefficient (Wildman–Crippen LogP) is 0.596. The first kappa shape index (κ1) is 14.7. The number of aryl methyl sites for hydroxylation is 1. The maximum Gasteiger partial charge on any atom is 0.326 e. The number of fused-ring (bicyclic) bond motifs is 1. The molecule has 0 aliphatic heterocycles. The van der Waals surface area contributed by atoms with E-state index < -0.39 is 23.5 Å². The van der Waals surface area contributed by atoms with Gasteiger partial charge in [-0.25, -0.2) is 9.78 Å². The van der Waals surface area contributed by atoms with Crippen LogP contribution >= 0.6 is 0 Å². The van der Waals surface area contributed by atoms with Crippen LogP contribution in [0.4, 0.5) is 0 Å². The van der Waals surface area contributed by atoms with E-state index in [-0.39, 0.29) is 12.0 Å². The van der Waals surface area contributed by atoms with Gasteiger partial charge >= 0.3 is 5.97 Å². The molecule has 0 bridgehead atoms. The van der Waals surface area contributed by atoms with Crippen LogP contribution in [0, 0.1) is 6.92 Å². The second-order valence-corrected chi connectivity index (χ2v) is 4.68. The van der Waals surface area contributed by atoms with Gasteiger partial charge in [0.25, 0.3) is 11.5 Å². The molecule has 7 nitrogen and oxygen atoms in total. The lowest BCUT2D eigenvalue weighted by atomic mass is 10.2. The van der Waals surface area contributed by atoms with E-state index in [1.54, 1.807) is 19.1 Å². The normalized spacial score (nSPS) is 12.1. The van der Waals surface area contributed by atoms with Gasteiger partial charge in [-0.3, -0.25) is 14.0 Å². The summed E-state index contributed by atoms with van der Waals surface area (Å²) in [5.41, 5.74) is 0.659. The Bertz CT molecular complexity index is 766. The molecule has 21 heavy (non-hydrogen) atoms. The summed E-state index contributed by atoms with van der Waals surface area (Å²) < 4.78 is 1.25. The molecule has 0 saturated heterocycles. The summed E-state index contributed by atoms with van der Waals surface area (Å²) >= 11 is 0. The van der Waals surface area contributed by atoms with Crippen molar-refractivity contribution in [2.75, 3.05) is 0 Å². The van der Waals surface area contributed by atoms with Crippen molar-refractivity contribution in [3.63, 3.8) is 0 Å². The van der Waals surface area contributed by atoms with Crippen molar-refractivity contribution in [2.24, 2.45) is 0 Å². The lowest BCUT2D eigenvalue weighted by Crippen LogP contribution is -2.42. The zero-order valence-electron chi connectivity index (χ0n) is 11.7. The minimum atomic E-state index is -1.14. The van der Waals surface area contributed by atoms with E-state index in [2.05, 4.69) is 10.3 Å². The number of pyridine rings is 1. The lowest BCUT2D eigenvalue weighted by molar-refractivity contribution is -0.139. The number of carboxylic acids is 1. The molecule has 1 atom stereocenters. The van der Waals surface area contributed by atoms with Gasteiger partial charge in [0.15, 0.2) is 0 Å². The number of amides is 1. The number of carboxylic acid groups (broad SMARTS) is 1. The van der Waals surface area contributed by atoms with Crippen molar-refractivity contribution in [3.8, 4) is 0 Å². The topological polar surface area (TPSA) is 101 Å². The molecule has 2 aromatic rings. The van der Waals surface area contributed by atoms with E-state index in [0.717, 1.165) is 5.56 Å². The highest BCUT2D eigenvalue weighted by Crippen LogP contribution is 2.03. The molecular formula is C14H15N3O4. The number of nitrogens with one attached hydrogen (secondary N) is 1. The smallest absolute Gasteiger partial charge is 0.326 e. The first-order chi connectivity index (χ1) is 9.93. The number of hydrogen-bond acceptors (Lipinski definition) is 4. The third-order valence-electron chi connectivity index (χ3n) is 3.12. The van der Waals surface area contributed by atoms with Crippen LogP contribution in [0.3, 0.4) is 0 Å². The molecule has 1 amide bonds. The summed E-state index contributed by atoms with van der Waals surface area (Å²) in [5, 5.41) is 11.2. The number of nitrogens with zero attached hydrogens (tertiary/aromatic N) is 2. The second kappa shape index (κ2) is 5.74. The number of aliphatic carboxylic acids is 1. The van der Waals surface area contributed by atoms with Gasteiger partial charge in [-0.05, 0) is 31.0 Å². The molecule has 0 saturated carbocycles. The van der Waals surface area contributed by atoms with Crippen LogP contribution in [0.1, 0.15) is 29.3 Å². The second-order valence-electron chi connectivity index (χ2n) is 4.68. The van der Waals surface area contributed by atoms with Crippen LogP contribution in [-0.4, -0.2) is 32.4 Å². The molecule has 2 rings (SSSR count). The number of carbonyl (C=O) groups is 2. The van der Waals surface area contributed by atoms with Crippen molar-refractivity contribution in [1.29, 1.82) is 0 Å². The lowest BCUT2D eigenvalue weighted by Gasteiger charge is -2.12. The van der Waals surface area contributed by atoms with Crippen molar-refractivity contribution < 1.29 is 14.7 Å². The van der Waals surface area contributed by atoms with Gasteiger partial charge in [0.2, 0.25) is 0 Å². The predicted molar refractivity (Wildman–Crippen MR) is 75.4 cm³/mol. The molecule has 7 heteroatoms. The van der Waals surface area contributed by atoms with E-state index in [1.807, 2.05) is 6.92 Å². The monoisotopic (exact) mass is 289 g/mol. The Labute approximate surface area is 120 Å². The van der Waals surface area contributed by atoms with E-state index in [1.165, 1.54) is 16.8 Å². The van der Waals surface area contributed by atoms with E-state index in [4.69, 9.17) is 5.11 Å². The Kier molecular flexibility index (Phi) is 4.02. The fraction of sp³-hybridized carbons (Fsp3) is 0.286. The van der Waals surface area contributed by atoms with Gasteiger partial charge < -0.3 is 10.4 Å². The van der Waals surface area contributed by atoms with Crippen LogP contribution in [-0.2, 0) is 4.79 Å². The molecule has 0 aliphatic rings. The summed E-state index contributed by atoms with van der Waals surface area (Å²) in [5.74, 6) is -1.88. The Morgan fingerprint density at radius 2 is 2.19 bits per heavy atom.